The van der Waals surface area contributed by atoms with Crippen molar-refractivity contribution in [2.24, 2.45) is 14.1 Å². The fourth-order valence-corrected chi connectivity index (χ4v) is 2.82. The van der Waals surface area contributed by atoms with E-state index >= 15 is 0 Å². The molecule has 1 aliphatic heterocycles. The highest BCUT2D eigenvalue weighted by Gasteiger charge is 2.18. The van der Waals surface area contributed by atoms with E-state index in [9.17, 15) is 14.4 Å². The highest BCUT2D eigenvalue weighted by molar-refractivity contribution is 6.08. The normalized spacial score (nSPS) is 12.4. The first-order valence-electron chi connectivity index (χ1n) is 7.73. The summed E-state index contributed by atoms with van der Waals surface area (Å²) < 4.78 is 12.7. The van der Waals surface area contributed by atoms with Crippen LogP contribution in [0.2, 0.25) is 0 Å². The van der Waals surface area contributed by atoms with Gasteiger partial charge in [-0.3, -0.25) is 18.7 Å². The van der Waals surface area contributed by atoms with E-state index in [0.717, 1.165) is 4.57 Å². The van der Waals surface area contributed by atoms with Crippen LogP contribution in [-0.4, -0.2) is 26.8 Å². The molecule has 0 unspecified atom stereocenters. The SMILES string of the molecule is Cn1c(=O)c2c(NC(=O)c3ccc4c(c3)OCO4)ccnc2n(C)c1=O. The Balaban J connectivity index is 1.79. The molecule has 2 aromatic heterocycles. The van der Waals surface area contributed by atoms with Gasteiger partial charge in [-0.05, 0) is 24.3 Å². The number of anilines is 1. The molecule has 1 aliphatic rings. The molecule has 26 heavy (non-hydrogen) atoms. The highest BCUT2D eigenvalue weighted by Crippen LogP contribution is 2.32. The van der Waals surface area contributed by atoms with Gasteiger partial charge in [0.05, 0.1) is 5.69 Å². The summed E-state index contributed by atoms with van der Waals surface area (Å²) in [5.41, 5.74) is -0.206. The molecule has 0 bridgehead atoms. The minimum atomic E-state index is -0.530. The van der Waals surface area contributed by atoms with E-state index in [2.05, 4.69) is 10.3 Å². The van der Waals surface area contributed by atoms with Crippen molar-refractivity contribution in [3.63, 3.8) is 0 Å². The topological polar surface area (TPSA) is 104 Å². The second-order valence-electron chi connectivity index (χ2n) is 5.79. The number of carbonyl (C=O) groups excluding carboxylic acids is 1. The first-order chi connectivity index (χ1) is 12.5. The summed E-state index contributed by atoms with van der Waals surface area (Å²) in [6, 6.07) is 6.32. The molecule has 0 saturated heterocycles. The van der Waals surface area contributed by atoms with Crippen LogP contribution in [0.25, 0.3) is 11.0 Å². The van der Waals surface area contributed by atoms with Crippen LogP contribution in [0.1, 0.15) is 10.4 Å². The van der Waals surface area contributed by atoms with Crippen LogP contribution in [0, 0.1) is 0 Å². The van der Waals surface area contributed by atoms with Crippen molar-refractivity contribution in [3.05, 3.63) is 56.9 Å². The van der Waals surface area contributed by atoms with Gasteiger partial charge in [0.25, 0.3) is 11.5 Å². The number of rotatable bonds is 2. The van der Waals surface area contributed by atoms with E-state index in [4.69, 9.17) is 9.47 Å². The van der Waals surface area contributed by atoms with Gasteiger partial charge in [0.15, 0.2) is 17.1 Å². The molecule has 1 amide bonds. The maximum absolute atomic E-state index is 12.6. The highest BCUT2D eigenvalue weighted by atomic mass is 16.7. The lowest BCUT2D eigenvalue weighted by Gasteiger charge is -2.11. The van der Waals surface area contributed by atoms with E-state index in [0.29, 0.717) is 17.1 Å². The molecule has 9 nitrogen and oxygen atoms in total. The molecule has 132 valence electrons. The number of pyridine rings is 1. The quantitative estimate of drug-likeness (QED) is 0.723. The number of nitrogens with one attached hydrogen (secondary N) is 1. The summed E-state index contributed by atoms with van der Waals surface area (Å²) in [6.45, 7) is 0.111. The van der Waals surface area contributed by atoms with Crippen molar-refractivity contribution in [3.8, 4) is 11.5 Å². The predicted molar refractivity (Wildman–Crippen MR) is 92.7 cm³/mol. The lowest BCUT2D eigenvalue weighted by atomic mass is 10.1. The second kappa shape index (κ2) is 5.73. The van der Waals surface area contributed by atoms with Gasteiger partial charge in [-0.1, -0.05) is 0 Å². The standard InChI is InChI=1S/C17H14N4O5/c1-20-14-13(16(23)21(2)17(20)24)10(5-6-18-14)19-15(22)9-3-4-11-12(7-9)26-8-25-11/h3-7H,8H2,1-2H3,(H,18,19,22). The Morgan fingerprint density at radius 2 is 1.88 bits per heavy atom. The van der Waals surface area contributed by atoms with Crippen LogP contribution in [0.4, 0.5) is 5.69 Å². The van der Waals surface area contributed by atoms with Crippen LogP contribution in [0.15, 0.2) is 40.1 Å². The van der Waals surface area contributed by atoms with E-state index < -0.39 is 17.2 Å². The number of aromatic nitrogens is 3. The third-order valence-corrected chi connectivity index (χ3v) is 4.22. The molecule has 0 aliphatic carbocycles. The number of amides is 1. The van der Waals surface area contributed by atoms with Gasteiger partial charge in [0.1, 0.15) is 5.39 Å². The number of hydrogen-bond donors (Lipinski definition) is 1. The maximum Gasteiger partial charge on any atom is 0.332 e. The number of nitrogens with zero attached hydrogens (tertiary/aromatic N) is 3. The molecule has 3 heterocycles. The summed E-state index contributed by atoms with van der Waals surface area (Å²) in [6.07, 6.45) is 1.43. The number of hydrogen-bond acceptors (Lipinski definition) is 6. The predicted octanol–water partition coefficient (Wildman–Crippen LogP) is 0.613. The lowest BCUT2D eigenvalue weighted by Crippen LogP contribution is -2.37. The Hall–Kier alpha value is -3.62. The fraction of sp³-hybridized carbons (Fsp3) is 0.176. The third-order valence-electron chi connectivity index (χ3n) is 4.22. The second-order valence-corrected chi connectivity index (χ2v) is 5.79. The van der Waals surface area contributed by atoms with Crippen molar-refractivity contribution < 1.29 is 14.3 Å². The molecular formula is C17H14N4O5. The van der Waals surface area contributed by atoms with Crippen LogP contribution in [0.5, 0.6) is 11.5 Å². The zero-order chi connectivity index (χ0) is 18.4. The Morgan fingerprint density at radius 1 is 1.12 bits per heavy atom. The van der Waals surface area contributed by atoms with Crippen LogP contribution in [0.3, 0.4) is 0 Å². The first kappa shape index (κ1) is 15.9. The largest absolute Gasteiger partial charge is 0.454 e. The van der Waals surface area contributed by atoms with Gasteiger partial charge < -0.3 is 14.8 Å². The number of carbonyl (C=O) groups is 1. The lowest BCUT2D eigenvalue weighted by molar-refractivity contribution is 0.102. The average Bonchev–Trinajstić information content (AvgIpc) is 3.12. The molecule has 0 atom stereocenters. The molecular weight excluding hydrogens is 340 g/mol. The number of ether oxygens (including phenoxy) is 2. The zero-order valence-electron chi connectivity index (χ0n) is 14.0. The molecule has 0 fully saturated rings. The van der Waals surface area contributed by atoms with Crippen molar-refractivity contribution in [1.82, 2.24) is 14.1 Å². The van der Waals surface area contributed by atoms with Gasteiger partial charge in [-0.15, -0.1) is 0 Å². The van der Waals surface area contributed by atoms with Crippen molar-refractivity contribution >= 4 is 22.6 Å². The molecule has 0 radical (unpaired) electrons. The van der Waals surface area contributed by atoms with Crippen molar-refractivity contribution in [2.45, 2.75) is 0 Å². The number of fused-ring (bicyclic) bond motifs is 2. The Labute approximate surface area is 146 Å². The molecule has 0 spiro atoms. The van der Waals surface area contributed by atoms with Gasteiger partial charge in [-0.25, -0.2) is 9.78 Å². The van der Waals surface area contributed by atoms with E-state index in [1.807, 2.05) is 0 Å². The van der Waals surface area contributed by atoms with Gasteiger partial charge in [0, 0.05) is 25.9 Å². The summed E-state index contributed by atoms with van der Waals surface area (Å²) in [7, 11) is 2.89. The molecule has 9 heteroatoms. The monoisotopic (exact) mass is 354 g/mol. The van der Waals surface area contributed by atoms with Crippen molar-refractivity contribution in [1.29, 1.82) is 0 Å². The minimum absolute atomic E-state index is 0.111. The van der Waals surface area contributed by atoms with E-state index in [-0.39, 0.29) is 23.5 Å². The molecule has 4 rings (SSSR count). The summed E-state index contributed by atoms with van der Waals surface area (Å²) >= 11 is 0. The van der Waals surface area contributed by atoms with Crippen LogP contribution >= 0.6 is 0 Å². The first-order valence-corrected chi connectivity index (χ1v) is 7.73. The van der Waals surface area contributed by atoms with Crippen LogP contribution < -0.4 is 26.0 Å². The summed E-state index contributed by atoms with van der Waals surface area (Å²) in [4.78, 5) is 41.2. The third kappa shape index (κ3) is 2.32. The summed E-state index contributed by atoms with van der Waals surface area (Å²) in [5, 5.41) is 2.86. The van der Waals surface area contributed by atoms with Crippen molar-refractivity contribution in [2.75, 3.05) is 12.1 Å². The maximum atomic E-state index is 12.6. The van der Waals surface area contributed by atoms with Gasteiger partial charge in [0.2, 0.25) is 6.79 Å². The Morgan fingerprint density at radius 3 is 2.69 bits per heavy atom. The van der Waals surface area contributed by atoms with Gasteiger partial charge >= 0.3 is 5.69 Å². The number of aryl methyl sites for hydroxylation is 1. The molecule has 3 aromatic rings. The van der Waals surface area contributed by atoms with Gasteiger partial charge in [-0.2, -0.15) is 0 Å². The number of benzene rings is 1. The Bertz CT molecular complexity index is 1180. The van der Waals surface area contributed by atoms with E-state index in [1.54, 1.807) is 18.2 Å². The molecule has 1 aromatic carbocycles. The van der Waals surface area contributed by atoms with E-state index in [1.165, 1.54) is 30.9 Å². The molecule has 1 N–H and O–H groups in total. The smallest absolute Gasteiger partial charge is 0.332 e. The zero-order valence-corrected chi connectivity index (χ0v) is 14.0. The average molecular weight is 354 g/mol. The minimum Gasteiger partial charge on any atom is -0.454 e. The summed E-state index contributed by atoms with van der Waals surface area (Å²) in [5.74, 6) is 0.627. The molecule has 0 saturated carbocycles. The van der Waals surface area contributed by atoms with Crippen LogP contribution in [-0.2, 0) is 14.1 Å². The fourth-order valence-electron chi connectivity index (χ4n) is 2.82. The Kier molecular flexibility index (Phi) is 3.50.